The van der Waals surface area contributed by atoms with Crippen LogP contribution in [0, 0.1) is 0 Å². The number of hydrogen-bond acceptors (Lipinski definition) is 5. The van der Waals surface area contributed by atoms with E-state index in [0.29, 0.717) is 31.1 Å². The van der Waals surface area contributed by atoms with Crippen molar-refractivity contribution in [1.29, 1.82) is 0 Å². The second-order valence-corrected chi connectivity index (χ2v) is 6.82. The first-order chi connectivity index (χ1) is 8.72. The molecule has 0 radical (unpaired) electrons. The Bertz CT molecular complexity index is 584. The van der Waals surface area contributed by atoms with Crippen molar-refractivity contribution in [1.82, 2.24) is 0 Å². The summed E-state index contributed by atoms with van der Waals surface area (Å²) in [5.74, 6) is 0. The van der Waals surface area contributed by atoms with Gasteiger partial charge in [0, 0.05) is 12.2 Å². The van der Waals surface area contributed by atoms with Crippen molar-refractivity contribution in [2.24, 2.45) is 5.14 Å². The molecular weight excluding hydrogens is 266 g/mol. The lowest BCUT2D eigenvalue weighted by Crippen LogP contribution is -2.53. The number of nitrogens with zero attached hydrogens (tertiary/aromatic N) is 1. The van der Waals surface area contributed by atoms with E-state index in [1.807, 2.05) is 18.7 Å². The van der Waals surface area contributed by atoms with Crippen molar-refractivity contribution in [2.45, 2.75) is 24.3 Å². The summed E-state index contributed by atoms with van der Waals surface area (Å²) >= 11 is 0. The molecule has 0 spiro atoms. The number of benzene rings is 1. The molecule has 1 saturated heterocycles. The van der Waals surface area contributed by atoms with Crippen LogP contribution in [0.3, 0.4) is 0 Å². The molecule has 7 heteroatoms. The molecule has 0 amide bonds. The molecule has 1 aliphatic rings. The molecule has 19 heavy (non-hydrogen) atoms. The van der Waals surface area contributed by atoms with Gasteiger partial charge < -0.3 is 15.4 Å². The van der Waals surface area contributed by atoms with Crippen molar-refractivity contribution < 1.29 is 13.2 Å². The van der Waals surface area contributed by atoms with Crippen molar-refractivity contribution in [3.05, 3.63) is 18.2 Å². The maximum atomic E-state index is 11.7. The molecule has 6 nitrogen and oxygen atoms in total. The predicted molar refractivity (Wildman–Crippen MR) is 74.5 cm³/mol. The fourth-order valence-corrected chi connectivity index (χ4v) is 3.06. The molecule has 0 saturated carbocycles. The summed E-state index contributed by atoms with van der Waals surface area (Å²) in [6.07, 6.45) is 0. The van der Waals surface area contributed by atoms with Crippen LogP contribution in [0.2, 0.25) is 0 Å². The van der Waals surface area contributed by atoms with E-state index in [1.54, 1.807) is 12.1 Å². The van der Waals surface area contributed by atoms with Gasteiger partial charge in [0.05, 0.1) is 24.4 Å². The van der Waals surface area contributed by atoms with Crippen molar-refractivity contribution in [2.75, 3.05) is 30.4 Å². The van der Waals surface area contributed by atoms with Gasteiger partial charge >= 0.3 is 0 Å². The van der Waals surface area contributed by atoms with E-state index in [0.717, 1.165) is 0 Å². The molecule has 1 aromatic carbocycles. The molecular formula is C12H19N3O3S. The van der Waals surface area contributed by atoms with Crippen LogP contribution >= 0.6 is 0 Å². The Labute approximate surface area is 113 Å². The zero-order valence-electron chi connectivity index (χ0n) is 11.1. The van der Waals surface area contributed by atoms with Crippen LogP contribution in [-0.2, 0) is 14.8 Å². The van der Waals surface area contributed by atoms with Crippen LogP contribution in [0.5, 0.6) is 0 Å². The van der Waals surface area contributed by atoms with E-state index in [-0.39, 0.29) is 10.4 Å². The number of nitrogen functional groups attached to an aromatic ring is 1. The Balaban J connectivity index is 2.56. The minimum Gasteiger partial charge on any atom is -0.399 e. The normalized spacial score (nSPS) is 19.4. The van der Waals surface area contributed by atoms with Gasteiger partial charge in [-0.25, -0.2) is 13.6 Å². The quantitative estimate of drug-likeness (QED) is 0.772. The molecule has 0 bridgehead atoms. The number of primary sulfonamides is 1. The fraction of sp³-hybridized carbons (Fsp3) is 0.500. The number of nitrogens with two attached hydrogens (primary N) is 2. The third kappa shape index (κ3) is 2.83. The minimum absolute atomic E-state index is 0.0578. The lowest BCUT2D eigenvalue weighted by molar-refractivity contribution is 0.0641. The average Bonchev–Trinajstić information content (AvgIpc) is 2.28. The fourth-order valence-electron chi connectivity index (χ4n) is 2.29. The van der Waals surface area contributed by atoms with E-state index in [1.165, 1.54) is 6.07 Å². The van der Waals surface area contributed by atoms with Crippen LogP contribution in [0.1, 0.15) is 13.8 Å². The van der Waals surface area contributed by atoms with Crippen molar-refractivity contribution in [3.63, 3.8) is 0 Å². The summed E-state index contributed by atoms with van der Waals surface area (Å²) in [7, 11) is -3.82. The van der Waals surface area contributed by atoms with Crippen LogP contribution in [0.15, 0.2) is 23.1 Å². The van der Waals surface area contributed by atoms with E-state index in [2.05, 4.69) is 0 Å². The maximum absolute atomic E-state index is 11.7. The highest BCUT2D eigenvalue weighted by atomic mass is 32.2. The van der Waals surface area contributed by atoms with Gasteiger partial charge in [-0.3, -0.25) is 0 Å². The smallest absolute Gasteiger partial charge is 0.240 e. The van der Waals surface area contributed by atoms with E-state index in [4.69, 9.17) is 15.6 Å². The van der Waals surface area contributed by atoms with Gasteiger partial charge in [-0.05, 0) is 32.0 Å². The van der Waals surface area contributed by atoms with Crippen LogP contribution in [0.4, 0.5) is 11.4 Å². The summed E-state index contributed by atoms with van der Waals surface area (Å²) in [5, 5.41) is 5.28. The summed E-state index contributed by atoms with van der Waals surface area (Å²) in [6, 6.07) is 4.77. The molecule has 106 valence electrons. The minimum atomic E-state index is -3.82. The topological polar surface area (TPSA) is 98.7 Å². The van der Waals surface area contributed by atoms with Gasteiger partial charge in [-0.2, -0.15) is 0 Å². The molecule has 2 rings (SSSR count). The van der Waals surface area contributed by atoms with Gasteiger partial charge in [-0.15, -0.1) is 0 Å². The Morgan fingerprint density at radius 3 is 2.63 bits per heavy atom. The second-order valence-electron chi connectivity index (χ2n) is 5.29. The van der Waals surface area contributed by atoms with Gasteiger partial charge in [-0.1, -0.05) is 0 Å². The van der Waals surface area contributed by atoms with Gasteiger partial charge in [0.1, 0.15) is 4.90 Å². The summed E-state index contributed by atoms with van der Waals surface area (Å²) in [6.45, 7) is 5.68. The lowest BCUT2D eigenvalue weighted by atomic mass is 10.0. The SMILES string of the molecule is CC1(C)COCCN1c1ccc(N)cc1S(N)(=O)=O. The van der Waals surface area contributed by atoms with E-state index >= 15 is 0 Å². The summed E-state index contributed by atoms with van der Waals surface area (Å²) in [4.78, 5) is 2.05. The van der Waals surface area contributed by atoms with E-state index < -0.39 is 10.0 Å². The molecule has 1 aromatic rings. The Kier molecular flexibility index (Phi) is 3.46. The van der Waals surface area contributed by atoms with Crippen LogP contribution in [-0.4, -0.2) is 33.7 Å². The number of sulfonamides is 1. The highest BCUT2D eigenvalue weighted by Crippen LogP contribution is 2.33. The molecule has 1 fully saturated rings. The Morgan fingerprint density at radius 1 is 1.37 bits per heavy atom. The number of anilines is 2. The van der Waals surface area contributed by atoms with E-state index in [9.17, 15) is 8.42 Å². The molecule has 0 unspecified atom stereocenters. The number of morpholine rings is 1. The van der Waals surface area contributed by atoms with Crippen LogP contribution in [0.25, 0.3) is 0 Å². The van der Waals surface area contributed by atoms with Gasteiger partial charge in [0.2, 0.25) is 10.0 Å². The molecule has 0 atom stereocenters. The van der Waals surface area contributed by atoms with Crippen molar-refractivity contribution >= 4 is 21.4 Å². The Hall–Kier alpha value is -1.31. The zero-order chi connectivity index (χ0) is 14.3. The third-order valence-electron chi connectivity index (χ3n) is 3.23. The highest BCUT2D eigenvalue weighted by molar-refractivity contribution is 7.89. The number of rotatable bonds is 2. The summed E-state index contributed by atoms with van der Waals surface area (Å²) in [5.41, 5.74) is 6.31. The third-order valence-corrected chi connectivity index (χ3v) is 4.17. The Morgan fingerprint density at radius 2 is 2.05 bits per heavy atom. The number of hydrogen-bond donors (Lipinski definition) is 2. The first-order valence-electron chi connectivity index (χ1n) is 5.99. The first kappa shape index (κ1) is 14.1. The molecule has 0 aromatic heterocycles. The van der Waals surface area contributed by atoms with Gasteiger partial charge in [0.15, 0.2) is 0 Å². The molecule has 1 aliphatic heterocycles. The van der Waals surface area contributed by atoms with Crippen molar-refractivity contribution in [3.8, 4) is 0 Å². The predicted octanol–water partition coefficient (Wildman–Crippen LogP) is 0.531. The zero-order valence-corrected chi connectivity index (χ0v) is 11.9. The first-order valence-corrected chi connectivity index (χ1v) is 7.54. The largest absolute Gasteiger partial charge is 0.399 e. The molecule has 1 heterocycles. The number of ether oxygens (including phenoxy) is 1. The monoisotopic (exact) mass is 285 g/mol. The summed E-state index contributed by atoms with van der Waals surface area (Å²) < 4.78 is 28.9. The molecule has 4 N–H and O–H groups in total. The lowest BCUT2D eigenvalue weighted by Gasteiger charge is -2.44. The second kappa shape index (κ2) is 4.66. The maximum Gasteiger partial charge on any atom is 0.240 e. The average molecular weight is 285 g/mol. The van der Waals surface area contributed by atoms with Crippen LogP contribution < -0.4 is 15.8 Å². The standard InChI is InChI=1S/C12H19N3O3S/c1-12(2)8-18-6-5-15(12)10-4-3-9(13)7-11(10)19(14,16)17/h3-4,7H,5-6,8,13H2,1-2H3,(H2,14,16,17). The molecule has 0 aliphatic carbocycles. The highest BCUT2D eigenvalue weighted by Gasteiger charge is 2.33. The van der Waals surface area contributed by atoms with Gasteiger partial charge in [0.25, 0.3) is 0 Å².